The number of aliphatic hydroxyl groups excluding tert-OH is 1. The predicted molar refractivity (Wildman–Crippen MR) is 306 cm³/mol. The lowest BCUT2D eigenvalue weighted by Gasteiger charge is -2.35. The minimum atomic E-state index is -0.973. The van der Waals surface area contributed by atoms with E-state index in [1.165, 1.54) is 16.5 Å². The van der Waals surface area contributed by atoms with Gasteiger partial charge in [0.2, 0.25) is 23.7 Å². The highest BCUT2D eigenvalue weighted by Crippen LogP contribution is 2.31. The average Bonchev–Trinajstić information content (AvgIpc) is 4.22. The van der Waals surface area contributed by atoms with E-state index < -0.39 is 35.4 Å². The Labute approximate surface area is 480 Å². The first kappa shape index (κ1) is 62.3. The fraction of sp³-hybridized carbons (Fsp3) is 0.536. The number of anilines is 3. The number of pyridine rings is 1. The molecule has 5 aromatic rings. The number of halogens is 1. The fourth-order valence-electron chi connectivity index (χ4n) is 9.11. The average molecular weight is 1160 g/mol. The predicted octanol–water partition coefficient (Wildman–Crippen LogP) is 4.16. The molecule has 0 bridgehead atoms. The summed E-state index contributed by atoms with van der Waals surface area (Å²) in [4.78, 5) is 82.9. The summed E-state index contributed by atoms with van der Waals surface area (Å²) in [5, 5.41) is 23.1. The van der Waals surface area contributed by atoms with E-state index in [9.17, 15) is 29.1 Å². The Bertz CT molecular complexity index is 2930. The Morgan fingerprint density at radius 1 is 0.852 bits per heavy atom. The highest BCUT2D eigenvalue weighted by atomic mass is 35.5. The molecule has 440 valence electrons. The van der Waals surface area contributed by atoms with Gasteiger partial charge in [0.25, 0.3) is 11.5 Å². The molecule has 2 saturated heterocycles. The van der Waals surface area contributed by atoms with Gasteiger partial charge in [-0.25, -0.2) is 9.97 Å². The number of nitrogens with zero attached hydrogens (tertiary/aromatic N) is 6. The van der Waals surface area contributed by atoms with Crippen molar-refractivity contribution in [2.75, 3.05) is 116 Å². The molecule has 81 heavy (non-hydrogen) atoms. The van der Waals surface area contributed by atoms with E-state index in [1.807, 2.05) is 75.7 Å². The molecular formula is C56H75ClN10O13S. The zero-order chi connectivity index (χ0) is 57.9. The summed E-state index contributed by atoms with van der Waals surface area (Å²) in [7, 11) is 3.14. The van der Waals surface area contributed by atoms with Crippen LogP contribution in [0.3, 0.4) is 0 Å². The summed E-state index contributed by atoms with van der Waals surface area (Å²) >= 11 is 8.09. The van der Waals surface area contributed by atoms with Crippen LogP contribution in [0.2, 0.25) is 5.02 Å². The lowest BCUT2D eigenvalue weighted by molar-refractivity contribution is -0.144. The number of nitrogens with one attached hydrogen (secondary N) is 4. The molecule has 0 spiro atoms. The van der Waals surface area contributed by atoms with Crippen LogP contribution in [0.15, 0.2) is 65.0 Å². The van der Waals surface area contributed by atoms with Crippen molar-refractivity contribution in [2.24, 2.45) is 12.5 Å². The van der Waals surface area contributed by atoms with E-state index in [4.69, 9.17) is 49.7 Å². The van der Waals surface area contributed by atoms with Gasteiger partial charge in [-0.15, -0.1) is 11.3 Å². The van der Waals surface area contributed by atoms with E-state index in [1.54, 1.807) is 30.6 Å². The van der Waals surface area contributed by atoms with Crippen LogP contribution in [0.4, 0.5) is 17.5 Å². The summed E-state index contributed by atoms with van der Waals surface area (Å²) < 4.78 is 41.0. The van der Waals surface area contributed by atoms with Crippen molar-refractivity contribution in [3.8, 4) is 16.2 Å². The molecule has 7 rings (SSSR count). The summed E-state index contributed by atoms with van der Waals surface area (Å²) in [6.45, 7) is 12.0. The third-order valence-corrected chi connectivity index (χ3v) is 14.8. The number of fused-ring (bicyclic) bond motifs is 1. The third-order valence-electron chi connectivity index (χ3n) is 13.6. The van der Waals surface area contributed by atoms with Crippen LogP contribution in [0, 0.1) is 12.3 Å². The molecule has 2 aliphatic heterocycles. The molecule has 0 radical (unpaired) electrons. The Morgan fingerprint density at radius 2 is 1.51 bits per heavy atom. The third kappa shape index (κ3) is 18.3. The van der Waals surface area contributed by atoms with Gasteiger partial charge >= 0.3 is 0 Å². The van der Waals surface area contributed by atoms with E-state index in [-0.39, 0.29) is 75.2 Å². The Balaban J connectivity index is 0.686. The fourth-order valence-corrected chi connectivity index (χ4v) is 10.1. The van der Waals surface area contributed by atoms with Crippen LogP contribution in [0.25, 0.3) is 21.3 Å². The van der Waals surface area contributed by atoms with Crippen LogP contribution >= 0.6 is 22.9 Å². The van der Waals surface area contributed by atoms with E-state index in [2.05, 4.69) is 36.1 Å². The first-order valence-electron chi connectivity index (χ1n) is 27.1. The Morgan fingerprint density at radius 3 is 2.14 bits per heavy atom. The van der Waals surface area contributed by atoms with Crippen LogP contribution in [-0.2, 0) is 61.2 Å². The maximum absolute atomic E-state index is 13.9. The number of rotatable bonds is 30. The maximum Gasteiger partial charge on any atom is 0.293 e. The first-order chi connectivity index (χ1) is 39.0. The SMILES string of the molecule is CNC(=O)COc1cc2cc(Nc3nc(N4CCC(OCCOCCOCCOCCOCCOCC(=O)N[C@H](C(=O)N5C[C@H](O)C[C@H]5C(=O)NCc5ccc(-c6scnc6C)cc5)C(C)(C)C)CC4)ncc3Cl)ccc2n(C)c1=O. The van der Waals surface area contributed by atoms with Crippen molar-refractivity contribution in [1.82, 2.24) is 40.4 Å². The van der Waals surface area contributed by atoms with Gasteiger partial charge in [-0.2, -0.15) is 4.98 Å². The molecule has 2 aromatic carbocycles. The van der Waals surface area contributed by atoms with E-state index in [0.717, 1.165) is 39.9 Å². The van der Waals surface area contributed by atoms with Crippen molar-refractivity contribution in [3.63, 3.8) is 0 Å². The Kier molecular flexibility index (Phi) is 23.5. The number of carbonyl (C=O) groups excluding carboxylic acids is 4. The molecule has 2 fully saturated rings. The second-order valence-corrected chi connectivity index (χ2v) is 21.9. The summed E-state index contributed by atoms with van der Waals surface area (Å²) in [5.74, 6) is -0.630. The Hall–Kier alpha value is -6.35. The van der Waals surface area contributed by atoms with Crippen molar-refractivity contribution >= 4 is 74.9 Å². The number of piperidine rings is 1. The van der Waals surface area contributed by atoms with Crippen molar-refractivity contribution in [1.29, 1.82) is 0 Å². The minimum Gasteiger partial charge on any atom is -0.478 e. The molecule has 23 nitrogen and oxygen atoms in total. The number of hydrogen-bond acceptors (Lipinski definition) is 19. The summed E-state index contributed by atoms with van der Waals surface area (Å²) in [6.07, 6.45) is 2.43. The molecule has 3 aromatic heterocycles. The monoisotopic (exact) mass is 1160 g/mol. The summed E-state index contributed by atoms with van der Waals surface area (Å²) in [5.41, 5.74) is 5.01. The normalized spacial score (nSPS) is 16.1. The van der Waals surface area contributed by atoms with Gasteiger partial charge in [-0.1, -0.05) is 56.6 Å². The molecule has 0 unspecified atom stereocenters. The number of aryl methyl sites for hydroxylation is 2. The maximum atomic E-state index is 13.9. The zero-order valence-corrected chi connectivity index (χ0v) is 48.4. The highest BCUT2D eigenvalue weighted by molar-refractivity contribution is 7.13. The number of likely N-dealkylation sites (tertiary alicyclic amines) is 1. The van der Waals surface area contributed by atoms with E-state index in [0.29, 0.717) is 93.9 Å². The molecule has 2 aliphatic rings. The molecular weight excluding hydrogens is 1090 g/mol. The quantitative estimate of drug-likeness (QED) is 0.0404. The van der Waals surface area contributed by atoms with Gasteiger partial charge in [0.15, 0.2) is 18.2 Å². The number of carbonyl (C=O) groups is 4. The molecule has 25 heteroatoms. The number of β-amino-alcohol motifs (C(OH)–C–C–N with tert-alkyl or cyclic N) is 1. The molecule has 5 heterocycles. The molecule has 4 amide bonds. The van der Waals surface area contributed by atoms with Gasteiger partial charge in [0.05, 0.1) is 106 Å². The number of ether oxygens (including phenoxy) is 7. The van der Waals surface area contributed by atoms with Gasteiger partial charge in [-0.05, 0) is 60.6 Å². The zero-order valence-electron chi connectivity index (χ0n) is 46.8. The summed E-state index contributed by atoms with van der Waals surface area (Å²) in [6, 6.07) is 13.1. The van der Waals surface area contributed by atoms with Gasteiger partial charge in [0.1, 0.15) is 23.7 Å². The lowest BCUT2D eigenvalue weighted by atomic mass is 9.85. The molecule has 0 aliphatic carbocycles. The number of hydrogen-bond donors (Lipinski definition) is 5. The number of likely N-dealkylation sites (N-methyl/N-ethyl adjacent to an activating group) is 1. The number of benzene rings is 2. The van der Waals surface area contributed by atoms with Crippen molar-refractivity contribution in [2.45, 2.75) is 77.8 Å². The van der Waals surface area contributed by atoms with Gasteiger partial charge in [-0.3, -0.25) is 24.0 Å². The van der Waals surface area contributed by atoms with Gasteiger partial charge < -0.3 is 73.9 Å². The van der Waals surface area contributed by atoms with Crippen LogP contribution in [-0.4, -0.2) is 183 Å². The first-order valence-corrected chi connectivity index (χ1v) is 28.3. The topological polar surface area (TPSA) is 268 Å². The second kappa shape index (κ2) is 30.6. The smallest absolute Gasteiger partial charge is 0.293 e. The standard InChI is InChI=1S/C56H75ClN10O13S/c1-36-49(81-35-61-36)38-9-7-37(8-10-38)30-59-52(71)45-29-41(68)32-67(45)54(73)50(56(2,3)4)63-48(70)33-78-24-23-76-20-19-74-17-18-75-21-22-77-25-26-79-42-13-15-66(16-14-42)55-60-31-43(57)51(64-55)62-40-11-12-44-39(27-40)28-46(53(72)65(44)6)80-34-47(69)58-5/h7-12,27-28,31,35,41-42,45,50,68H,13-26,29-30,32-34H2,1-6H3,(H,58,69)(H,59,71)(H,63,70)(H,60,62,64)/t41-,45+,50-/m1/s1. The van der Waals surface area contributed by atoms with Crippen LogP contribution < -0.4 is 36.5 Å². The van der Waals surface area contributed by atoms with Crippen molar-refractivity contribution < 1.29 is 57.4 Å². The molecule has 5 N–H and O–H groups in total. The van der Waals surface area contributed by atoms with E-state index >= 15 is 0 Å². The second-order valence-electron chi connectivity index (χ2n) is 20.6. The van der Waals surface area contributed by atoms with Crippen LogP contribution in [0.1, 0.15) is 51.3 Å². The number of aromatic nitrogens is 4. The molecule has 3 atom stereocenters. The van der Waals surface area contributed by atoms with Gasteiger partial charge in [0, 0.05) is 57.8 Å². The highest BCUT2D eigenvalue weighted by Gasteiger charge is 2.44. The van der Waals surface area contributed by atoms with Crippen LogP contribution in [0.5, 0.6) is 5.75 Å². The molecule has 0 saturated carbocycles. The van der Waals surface area contributed by atoms with Crippen molar-refractivity contribution in [3.05, 3.63) is 86.9 Å². The number of thiazole rings is 1. The minimum absolute atomic E-state index is 0.0236. The largest absolute Gasteiger partial charge is 0.478 e. The lowest BCUT2D eigenvalue weighted by Crippen LogP contribution is -2.58. The number of amides is 4. The number of aliphatic hydroxyl groups is 1.